The summed E-state index contributed by atoms with van der Waals surface area (Å²) in [5.41, 5.74) is 1.73. The molecule has 1 atom stereocenters. The van der Waals surface area contributed by atoms with Crippen molar-refractivity contribution in [3.63, 3.8) is 0 Å². The van der Waals surface area contributed by atoms with Gasteiger partial charge in [0, 0.05) is 32.7 Å². The van der Waals surface area contributed by atoms with Crippen LogP contribution in [0.5, 0.6) is 0 Å². The maximum Gasteiger partial charge on any atom is 0.351 e. The monoisotopic (exact) mass is 384 g/mol. The van der Waals surface area contributed by atoms with Crippen molar-refractivity contribution < 1.29 is 14.4 Å². The molecule has 0 saturated carbocycles. The molecule has 1 saturated heterocycles. The van der Waals surface area contributed by atoms with Crippen molar-refractivity contribution >= 4 is 34.9 Å². The molecule has 3 aliphatic rings. The van der Waals surface area contributed by atoms with E-state index in [9.17, 15) is 14.4 Å². The predicted octanol–water partition coefficient (Wildman–Crippen LogP) is 1.54. The van der Waals surface area contributed by atoms with Gasteiger partial charge in [-0.1, -0.05) is 18.2 Å². The molecule has 1 aromatic rings. The van der Waals surface area contributed by atoms with Gasteiger partial charge in [-0.15, -0.1) is 0 Å². The number of thiophene rings is 1. The lowest BCUT2D eigenvalue weighted by Crippen LogP contribution is -2.54. The van der Waals surface area contributed by atoms with Gasteiger partial charge in [-0.25, -0.2) is 4.79 Å². The van der Waals surface area contributed by atoms with Crippen LogP contribution in [0.3, 0.4) is 0 Å². The molecule has 0 bridgehead atoms. The summed E-state index contributed by atoms with van der Waals surface area (Å²) in [5.74, 6) is -1.15. The van der Waals surface area contributed by atoms with Crippen LogP contribution in [-0.2, 0) is 16.1 Å². The topological polar surface area (TPSA) is 73.3 Å². The standard InChI is InChI=1S/C19H20N4O3S/c24-17(22-8-6-21(7-9-22)11-14-5-10-27-13-14)12-23-18(25)15-3-1-2-4-16(15)20-19(23)26/h1-5,10,13,15H,6-9,11-12H2. The first-order valence-corrected chi connectivity index (χ1v) is 9.86. The number of carbonyl (C=O) groups is 3. The minimum atomic E-state index is -0.657. The number of nitrogens with zero attached hydrogens (tertiary/aromatic N) is 4. The van der Waals surface area contributed by atoms with Crippen LogP contribution in [0.4, 0.5) is 4.79 Å². The molecule has 0 spiro atoms. The van der Waals surface area contributed by atoms with Crippen LogP contribution in [0.15, 0.2) is 46.1 Å². The second-order valence-electron chi connectivity index (χ2n) is 6.75. The van der Waals surface area contributed by atoms with E-state index in [1.807, 2.05) is 0 Å². The van der Waals surface area contributed by atoms with Gasteiger partial charge in [0.15, 0.2) is 0 Å². The normalized spacial score (nSPS) is 22.8. The molecule has 27 heavy (non-hydrogen) atoms. The molecule has 4 rings (SSSR count). The molecule has 1 fully saturated rings. The molecule has 1 aromatic heterocycles. The molecular weight excluding hydrogens is 364 g/mol. The number of urea groups is 1. The van der Waals surface area contributed by atoms with Gasteiger partial charge in [-0.2, -0.15) is 16.3 Å². The van der Waals surface area contributed by atoms with Crippen molar-refractivity contribution in [2.24, 2.45) is 10.9 Å². The van der Waals surface area contributed by atoms with Crippen molar-refractivity contribution in [3.05, 3.63) is 46.7 Å². The summed E-state index contributed by atoms with van der Waals surface area (Å²) in [6, 6.07) is 1.45. The van der Waals surface area contributed by atoms with Crippen molar-refractivity contribution in [2.75, 3.05) is 32.7 Å². The molecule has 0 aromatic carbocycles. The summed E-state index contributed by atoms with van der Waals surface area (Å²) in [6.07, 6.45) is 6.86. The van der Waals surface area contributed by atoms with E-state index in [4.69, 9.17) is 0 Å². The van der Waals surface area contributed by atoms with Crippen LogP contribution in [0.2, 0.25) is 0 Å². The Hall–Kier alpha value is -2.58. The number of allylic oxidation sites excluding steroid dienone is 3. The zero-order valence-electron chi connectivity index (χ0n) is 14.8. The van der Waals surface area contributed by atoms with Crippen LogP contribution in [0.1, 0.15) is 5.56 Å². The van der Waals surface area contributed by atoms with E-state index in [2.05, 4.69) is 26.7 Å². The molecule has 1 aliphatic carbocycles. The van der Waals surface area contributed by atoms with Crippen LogP contribution >= 0.6 is 11.3 Å². The Balaban J connectivity index is 1.34. The van der Waals surface area contributed by atoms with E-state index in [1.165, 1.54) is 5.56 Å². The first-order chi connectivity index (χ1) is 13.1. The van der Waals surface area contributed by atoms with E-state index in [-0.39, 0.29) is 18.4 Å². The van der Waals surface area contributed by atoms with Gasteiger partial charge in [0.05, 0.1) is 11.6 Å². The third-order valence-corrected chi connectivity index (χ3v) is 5.72. The first-order valence-electron chi connectivity index (χ1n) is 8.92. The maximum atomic E-state index is 12.6. The molecule has 3 heterocycles. The number of amides is 4. The summed E-state index contributed by atoms with van der Waals surface area (Å²) in [7, 11) is 0. The summed E-state index contributed by atoms with van der Waals surface area (Å²) in [6.45, 7) is 3.39. The van der Waals surface area contributed by atoms with Gasteiger partial charge in [-0.3, -0.25) is 19.4 Å². The summed E-state index contributed by atoms with van der Waals surface area (Å²) in [4.78, 5) is 46.3. The third-order valence-electron chi connectivity index (χ3n) is 4.99. The highest BCUT2D eigenvalue weighted by molar-refractivity contribution is 7.07. The molecule has 0 radical (unpaired) electrons. The highest BCUT2D eigenvalue weighted by Crippen LogP contribution is 2.20. The second kappa shape index (κ2) is 7.58. The second-order valence-corrected chi connectivity index (χ2v) is 7.53. The molecule has 2 aliphatic heterocycles. The van der Waals surface area contributed by atoms with Crippen LogP contribution in [0, 0.1) is 5.92 Å². The predicted molar refractivity (Wildman–Crippen MR) is 102 cm³/mol. The van der Waals surface area contributed by atoms with Crippen molar-refractivity contribution in [2.45, 2.75) is 6.54 Å². The van der Waals surface area contributed by atoms with Crippen molar-refractivity contribution in [1.29, 1.82) is 0 Å². The Morgan fingerprint density at radius 1 is 1.19 bits per heavy atom. The quantitative estimate of drug-likeness (QED) is 0.789. The summed E-state index contributed by atoms with van der Waals surface area (Å²) < 4.78 is 0. The minimum Gasteiger partial charge on any atom is -0.339 e. The summed E-state index contributed by atoms with van der Waals surface area (Å²) in [5, 5.41) is 4.20. The molecular formula is C19H20N4O3S. The number of hydrogen-bond donors (Lipinski definition) is 0. The number of piperazine rings is 1. The molecule has 4 amide bonds. The van der Waals surface area contributed by atoms with Gasteiger partial charge in [0.2, 0.25) is 11.8 Å². The lowest BCUT2D eigenvalue weighted by molar-refractivity contribution is -0.139. The third kappa shape index (κ3) is 3.77. The van der Waals surface area contributed by atoms with Gasteiger partial charge < -0.3 is 4.90 Å². The van der Waals surface area contributed by atoms with E-state index in [0.29, 0.717) is 18.8 Å². The Labute approximate surface area is 161 Å². The fourth-order valence-corrected chi connectivity index (χ4v) is 4.12. The van der Waals surface area contributed by atoms with E-state index < -0.39 is 11.9 Å². The average Bonchev–Trinajstić information content (AvgIpc) is 3.18. The Bertz CT molecular complexity index is 835. The lowest BCUT2D eigenvalue weighted by Gasteiger charge is -2.36. The average molecular weight is 384 g/mol. The maximum absolute atomic E-state index is 12.6. The van der Waals surface area contributed by atoms with E-state index in [1.54, 1.807) is 40.5 Å². The van der Waals surface area contributed by atoms with Gasteiger partial charge in [0.25, 0.3) is 0 Å². The molecule has 140 valence electrons. The number of hydrogen-bond acceptors (Lipinski definition) is 5. The fourth-order valence-electron chi connectivity index (χ4n) is 3.46. The number of carbonyl (C=O) groups excluding carboxylic acids is 3. The van der Waals surface area contributed by atoms with Gasteiger partial charge in [-0.05, 0) is 28.5 Å². The van der Waals surface area contributed by atoms with Crippen LogP contribution in [0.25, 0.3) is 0 Å². The number of rotatable bonds is 4. The number of aliphatic imine (C=N–C) groups is 1. The van der Waals surface area contributed by atoms with Crippen molar-refractivity contribution in [3.8, 4) is 0 Å². The molecule has 1 unspecified atom stereocenters. The first kappa shape index (κ1) is 17.8. The SMILES string of the molecule is O=C(CN1C(=O)N=C2C=CC=CC2C1=O)N1CCN(Cc2ccsc2)CC1. The van der Waals surface area contributed by atoms with E-state index in [0.717, 1.165) is 24.5 Å². The zero-order chi connectivity index (χ0) is 18.8. The minimum absolute atomic E-state index is 0.208. The highest BCUT2D eigenvalue weighted by Gasteiger charge is 2.37. The highest BCUT2D eigenvalue weighted by atomic mass is 32.1. The Morgan fingerprint density at radius 3 is 2.74 bits per heavy atom. The smallest absolute Gasteiger partial charge is 0.339 e. The Kier molecular flexibility index (Phi) is 5.00. The molecule has 8 heteroatoms. The van der Waals surface area contributed by atoms with Crippen LogP contribution < -0.4 is 0 Å². The molecule has 7 nitrogen and oxygen atoms in total. The fraction of sp³-hybridized carbons (Fsp3) is 0.368. The van der Waals surface area contributed by atoms with Gasteiger partial charge >= 0.3 is 6.03 Å². The molecule has 0 N–H and O–H groups in total. The van der Waals surface area contributed by atoms with Crippen molar-refractivity contribution in [1.82, 2.24) is 14.7 Å². The van der Waals surface area contributed by atoms with Gasteiger partial charge in [0.1, 0.15) is 6.54 Å². The Morgan fingerprint density at radius 2 is 2.00 bits per heavy atom. The summed E-state index contributed by atoms with van der Waals surface area (Å²) >= 11 is 1.68. The van der Waals surface area contributed by atoms with E-state index >= 15 is 0 Å². The van der Waals surface area contributed by atoms with Crippen LogP contribution in [-0.4, -0.2) is 71.0 Å². The largest absolute Gasteiger partial charge is 0.351 e. The number of fused-ring (bicyclic) bond motifs is 1. The number of imide groups is 1. The zero-order valence-corrected chi connectivity index (χ0v) is 15.6. The lowest BCUT2D eigenvalue weighted by atomic mass is 9.95.